The van der Waals surface area contributed by atoms with E-state index in [4.69, 9.17) is 16.6 Å². The van der Waals surface area contributed by atoms with Gasteiger partial charge >= 0.3 is 0 Å². The van der Waals surface area contributed by atoms with E-state index in [-0.39, 0.29) is 11.5 Å². The first-order valence-electron chi connectivity index (χ1n) is 7.16. The highest BCUT2D eigenvalue weighted by Gasteiger charge is 2.30. The van der Waals surface area contributed by atoms with Gasteiger partial charge in [0, 0.05) is 18.2 Å². The third-order valence-corrected chi connectivity index (χ3v) is 4.87. The number of aromatic carboxylic acids is 1. The van der Waals surface area contributed by atoms with Crippen molar-refractivity contribution < 1.29 is 19.1 Å². The van der Waals surface area contributed by atoms with Crippen molar-refractivity contribution in [1.82, 2.24) is 4.90 Å². The van der Waals surface area contributed by atoms with E-state index < -0.39 is 5.97 Å². The van der Waals surface area contributed by atoms with Gasteiger partial charge in [0.25, 0.3) is 5.91 Å². The minimum Gasteiger partial charge on any atom is -0.545 e. The first kappa shape index (κ1) is 16.5. The van der Waals surface area contributed by atoms with Crippen LogP contribution in [0, 0.1) is 0 Å². The van der Waals surface area contributed by atoms with Crippen LogP contribution in [-0.2, 0) is 4.79 Å². The maximum Gasteiger partial charge on any atom is 0.266 e. The molecular weight excluding hydrogens is 346 g/mol. The lowest BCUT2D eigenvalue weighted by molar-refractivity contribution is -0.255. The standard InChI is InChI=1S/C17H13NO4S2/c1-2-18-15(19)14(24-17(18)23)9-12-7-8-13(22-12)10-3-5-11(6-4-10)16(20)21/h3-9H,2H2,1H3,(H,20,21)/p-1. The number of carboxylic acids is 1. The number of rotatable bonds is 4. The van der Waals surface area contributed by atoms with E-state index in [1.165, 1.54) is 28.8 Å². The third-order valence-electron chi connectivity index (χ3n) is 3.50. The number of amides is 1. The van der Waals surface area contributed by atoms with E-state index in [2.05, 4.69) is 0 Å². The molecule has 3 rings (SSSR count). The molecule has 1 aromatic heterocycles. The maximum absolute atomic E-state index is 12.2. The van der Waals surface area contributed by atoms with Crippen molar-refractivity contribution >= 4 is 46.3 Å². The summed E-state index contributed by atoms with van der Waals surface area (Å²) in [7, 11) is 0. The second-order valence-electron chi connectivity index (χ2n) is 4.99. The van der Waals surface area contributed by atoms with Gasteiger partial charge in [-0.05, 0) is 24.6 Å². The third kappa shape index (κ3) is 3.13. The number of hydrogen-bond acceptors (Lipinski definition) is 6. The second kappa shape index (κ2) is 6.62. The van der Waals surface area contributed by atoms with Crippen LogP contribution >= 0.6 is 24.0 Å². The molecule has 5 nitrogen and oxygen atoms in total. The minimum atomic E-state index is -1.22. The van der Waals surface area contributed by atoms with Crippen LogP contribution in [0.2, 0.25) is 0 Å². The molecule has 1 fully saturated rings. The summed E-state index contributed by atoms with van der Waals surface area (Å²) in [5.74, 6) is -0.230. The average molecular weight is 358 g/mol. The van der Waals surface area contributed by atoms with E-state index in [0.29, 0.717) is 27.3 Å². The molecule has 1 amide bonds. The van der Waals surface area contributed by atoms with Crippen LogP contribution < -0.4 is 5.11 Å². The molecule has 0 bridgehead atoms. The van der Waals surface area contributed by atoms with Gasteiger partial charge in [-0.1, -0.05) is 48.2 Å². The summed E-state index contributed by atoms with van der Waals surface area (Å²) in [5.41, 5.74) is 0.842. The van der Waals surface area contributed by atoms with Crippen LogP contribution in [-0.4, -0.2) is 27.6 Å². The van der Waals surface area contributed by atoms with E-state index in [9.17, 15) is 14.7 Å². The highest BCUT2D eigenvalue weighted by Crippen LogP contribution is 2.33. The molecule has 1 aliphatic rings. The average Bonchev–Trinajstić information content (AvgIpc) is 3.13. The monoisotopic (exact) mass is 358 g/mol. The van der Waals surface area contributed by atoms with E-state index in [1.54, 1.807) is 30.3 Å². The van der Waals surface area contributed by atoms with Gasteiger partial charge < -0.3 is 14.3 Å². The lowest BCUT2D eigenvalue weighted by Gasteiger charge is -2.09. The fourth-order valence-electron chi connectivity index (χ4n) is 2.26. The zero-order chi connectivity index (χ0) is 17.3. The Bertz CT molecular complexity index is 852. The molecule has 2 aromatic rings. The van der Waals surface area contributed by atoms with Crippen LogP contribution in [0.15, 0.2) is 45.7 Å². The van der Waals surface area contributed by atoms with E-state index in [0.717, 1.165) is 5.56 Å². The number of benzene rings is 1. The van der Waals surface area contributed by atoms with Crippen molar-refractivity contribution in [3.8, 4) is 11.3 Å². The molecule has 0 spiro atoms. The fraction of sp³-hybridized carbons (Fsp3) is 0.118. The zero-order valence-corrected chi connectivity index (χ0v) is 14.3. The Morgan fingerprint density at radius 3 is 2.58 bits per heavy atom. The van der Waals surface area contributed by atoms with Gasteiger partial charge in [-0.3, -0.25) is 9.69 Å². The maximum atomic E-state index is 12.2. The smallest absolute Gasteiger partial charge is 0.266 e. The Morgan fingerprint density at radius 1 is 1.29 bits per heavy atom. The van der Waals surface area contributed by atoms with Gasteiger partial charge in [0.15, 0.2) is 0 Å². The van der Waals surface area contributed by atoms with Crippen molar-refractivity contribution in [2.45, 2.75) is 6.92 Å². The van der Waals surface area contributed by atoms with Crippen molar-refractivity contribution in [2.24, 2.45) is 0 Å². The van der Waals surface area contributed by atoms with Gasteiger partial charge in [-0.25, -0.2) is 0 Å². The summed E-state index contributed by atoms with van der Waals surface area (Å²) in [5, 5.41) is 10.8. The number of carboxylic acid groups (broad SMARTS) is 1. The van der Waals surface area contributed by atoms with Crippen LogP contribution in [0.4, 0.5) is 0 Å². The number of thiocarbonyl (C=S) groups is 1. The molecule has 0 saturated carbocycles. The van der Waals surface area contributed by atoms with Crippen LogP contribution in [0.25, 0.3) is 17.4 Å². The lowest BCUT2D eigenvalue weighted by atomic mass is 10.1. The molecule has 7 heteroatoms. The molecule has 122 valence electrons. The Balaban J connectivity index is 1.83. The van der Waals surface area contributed by atoms with Gasteiger partial charge in [-0.15, -0.1) is 0 Å². The van der Waals surface area contributed by atoms with Crippen molar-refractivity contribution in [3.63, 3.8) is 0 Å². The number of hydrogen-bond donors (Lipinski definition) is 0. The van der Waals surface area contributed by atoms with Crippen molar-refractivity contribution in [2.75, 3.05) is 6.54 Å². The molecule has 24 heavy (non-hydrogen) atoms. The SMILES string of the molecule is CCN1C(=O)C(=Cc2ccc(-c3ccc(C(=O)[O-])cc3)o2)SC1=S. The Kier molecular flexibility index (Phi) is 4.55. The number of carbonyl (C=O) groups excluding carboxylic acids is 2. The van der Waals surface area contributed by atoms with Crippen LogP contribution in [0.5, 0.6) is 0 Å². The number of nitrogens with zero attached hydrogens (tertiary/aromatic N) is 1. The summed E-state index contributed by atoms with van der Waals surface area (Å²) < 4.78 is 6.26. The predicted octanol–water partition coefficient (Wildman–Crippen LogP) is 2.53. The van der Waals surface area contributed by atoms with Gasteiger partial charge in [0.1, 0.15) is 15.8 Å². The normalized spacial score (nSPS) is 16.2. The Labute approximate surface area is 148 Å². The second-order valence-corrected chi connectivity index (χ2v) is 6.67. The molecule has 1 saturated heterocycles. The minimum absolute atomic E-state index is 0.105. The zero-order valence-electron chi connectivity index (χ0n) is 12.6. The summed E-state index contributed by atoms with van der Waals surface area (Å²) in [6.07, 6.45) is 1.66. The number of carbonyl (C=O) groups is 2. The van der Waals surface area contributed by atoms with Gasteiger partial charge in [0.05, 0.1) is 10.9 Å². The van der Waals surface area contributed by atoms with E-state index >= 15 is 0 Å². The van der Waals surface area contributed by atoms with Crippen LogP contribution in [0.1, 0.15) is 23.0 Å². The molecule has 0 aliphatic carbocycles. The number of thioether (sulfide) groups is 1. The highest BCUT2D eigenvalue weighted by atomic mass is 32.2. The summed E-state index contributed by atoms with van der Waals surface area (Å²) in [6.45, 7) is 2.41. The molecule has 0 radical (unpaired) electrons. The summed E-state index contributed by atoms with van der Waals surface area (Å²) in [6, 6.07) is 9.72. The Hall–Kier alpha value is -2.38. The predicted molar refractivity (Wildman–Crippen MR) is 94.0 cm³/mol. The molecule has 2 heterocycles. The molecule has 0 unspecified atom stereocenters. The van der Waals surface area contributed by atoms with Crippen LogP contribution in [0.3, 0.4) is 0 Å². The van der Waals surface area contributed by atoms with Crippen molar-refractivity contribution in [3.05, 3.63) is 52.6 Å². The Morgan fingerprint density at radius 2 is 2.00 bits per heavy atom. The fourth-order valence-corrected chi connectivity index (χ4v) is 3.62. The first-order valence-corrected chi connectivity index (χ1v) is 8.39. The van der Waals surface area contributed by atoms with E-state index in [1.807, 2.05) is 6.92 Å². The van der Waals surface area contributed by atoms with Gasteiger partial charge in [-0.2, -0.15) is 0 Å². The molecule has 1 aliphatic heterocycles. The summed E-state index contributed by atoms with van der Waals surface area (Å²) in [4.78, 5) is 25.0. The molecule has 0 atom stereocenters. The largest absolute Gasteiger partial charge is 0.545 e. The highest BCUT2D eigenvalue weighted by molar-refractivity contribution is 8.26. The quantitative estimate of drug-likeness (QED) is 0.618. The number of likely N-dealkylation sites (N-methyl/N-ethyl adjacent to an activating group) is 1. The molecule has 1 aromatic carbocycles. The van der Waals surface area contributed by atoms with Crippen molar-refractivity contribution in [1.29, 1.82) is 0 Å². The number of furan rings is 1. The molecule has 0 N–H and O–H groups in total. The lowest BCUT2D eigenvalue weighted by Crippen LogP contribution is -2.27. The molecular formula is C17H12NO4S2-. The summed E-state index contributed by atoms with van der Waals surface area (Å²) >= 11 is 6.42. The first-order chi connectivity index (χ1) is 11.5. The topological polar surface area (TPSA) is 73.6 Å². The van der Waals surface area contributed by atoms with Gasteiger partial charge in [0.2, 0.25) is 0 Å².